The van der Waals surface area contributed by atoms with Crippen molar-refractivity contribution >= 4 is 26.7 Å². The molecule has 0 bridgehead atoms. The van der Waals surface area contributed by atoms with E-state index in [1.165, 1.54) is 64.7 Å². The van der Waals surface area contributed by atoms with Gasteiger partial charge in [-0.25, -0.2) is 0 Å². The van der Waals surface area contributed by atoms with Gasteiger partial charge in [-0.15, -0.1) is 6.67 Å². The summed E-state index contributed by atoms with van der Waals surface area (Å²) < 4.78 is 0. The van der Waals surface area contributed by atoms with E-state index >= 15 is 0 Å². The second-order valence-electron chi connectivity index (χ2n) is 8.12. The molecule has 1 aliphatic heterocycles. The predicted molar refractivity (Wildman–Crippen MR) is 133 cm³/mol. The summed E-state index contributed by atoms with van der Waals surface area (Å²) in [7, 11) is 4.49. The van der Waals surface area contributed by atoms with Crippen LogP contribution in [0.1, 0.15) is 47.2 Å². The van der Waals surface area contributed by atoms with Crippen molar-refractivity contribution in [1.82, 2.24) is 0 Å². The van der Waals surface area contributed by atoms with Crippen LogP contribution in [0.15, 0.2) is 48.5 Å². The third kappa shape index (κ3) is 7.82. The molecule has 4 nitrogen and oxygen atoms in total. The number of carbonyl (C=O) groups excluding carboxylic acids is 1. The molecule has 2 aromatic carbocycles. The molecule has 0 atom stereocenters. The van der Waals surface area contributed by atoms with Crippen molar-refractivity contribution in [3.8, 4) is 0 Å². The Balaban J connectivity index is 0.000000488. The summed E-state index contributed by atoms with van der Waals surface area (Å²) in [6.07, 6.45) is 5.45. The number of hydrogen-bond donors (Lipinski definition) is 1. The summed E-state index contributed by atoms with van der Waals surface area (Å²) in [5.41, 5.74) is 10.4. The van der Waals surface area contributed by atoms with Crippen molar-refractivity contribution < 1.29 is 28.1 Å². The van der Waals surface area contributed by atoms with Crippen LogP contribution in [0.4, 0.5) is 11.4 Å². The number of rotatable bonds is 3. The van der Waals surface area contributed by atoms with Gasteiger partial charge in [0.05, 0.1) is 5.76 Å². The number of anilines is 2. The zero-order valence-electron chi connectivity index (χ0n) is 20.1. The van der Waals surface area contributed by atoms with Gasteiger partial charge in [-0.3, -0.25) is 4.79 Å². The Morgan fingerprint density at radius 1 is 0.812 bits per heavy atom. The number of aliphatic hydroxyl groups excluding tert-OH is 1. The molecule has 1 aliphatic rings. The number of allylic oxidation sites excluding steroid dienone is 2. The van der Waals surface area contributed by atoms with E-state index in [2.05, 4.69) is 122 Å². The monoisotopic (exact) mass is 546 g/mol. The van der Waals surface area contributed by atoms with Gasteiger partial charge in [0.25, 0.3) is 0 Å². The normalized spacial score (nSPS) is 12.8. The zero-order valence-corrected chi connectivity index (χ0v) is 22.4. The SMILES string of the molecule is CC(=O)/C=C(/C)O.Cc1cc(C)c(N2C=CN(c3c(C)cc(C)cc3C)[CH-]2)c(C)c1.[Cl][Pd+]. The second-order valence-corrected chi connectivity index (χ2v) is 8.12. The third-order valence-electron chi connectivity index (χ3n) is 4.84. The van der Waals surface area contributed by atoms with E-state index in [0.717, 1.165) is 0 Å². The molecule has 3 rings (SSSR count). The van der Waals surface area contributed by atoms with Crippen LogP contribution in [0.2, 0.25) is 0 Å². The number of halogens is 1. The summed E-state index contributed by atoms with van der Waals surface area (Å²) in [5, 5.41) is 8.36. The Kier molecular flexibility index (Phi) is 11.2. The van der Waals surface area contributed by atoms with Crippen LogP contribution in [-0.2, 0) is 23.0 Å². The third-order valence-corrected chi connectivity index (χ3v) is 4.84. The minimum absolute atomic E-state index is 0.0625. The molecule has 32 heavy (non-hydrogen) atoms. The van der Waals surface area contributed by atoms with Gasteiger partial charge in [0.15, 0.2) is 5.78 Å². The van der Waals surface area contributed by atoms with Gasteiger partial charge >= 0.3 is 27.7 Å². The summed E-state index contributed by atoms with van der Waals surface area (Å²) in [4.78, 5) is 14.5. The Hall–Kier alpha value is -2.06. The van der Waals surface area contributed by atoms with E-state index in [-0.39, 0.29) is 11.5 Å². The fourth-order valence-electron chi connectivity index (χ4n) is 4.07. The molecule has 0 saturated carbocycles. The predicted octanol–water partition coefficient (Wildman–Crippen LogP) is 7.18. The van der Waals surface area contributed by atoms with Crippen molar-refractivity contribution in [2.24, 2.45) is 0 Å². The first-order chi connectivity index (χ1) is 15.0. The molecule has 0 unspecified atom stereocenters. The molecule has 0 radical (unpaired) electrons. The van der Waals surface area contributed by atoms with Crippen LogP contribution in [0, 0.1) is 48.2 Å². The molecular weight excluding hydrogens is 514 g/mol. The number of carbonyl (C=O) groups is 1. The quantitative estimate of drug-likeness (QED) is 0.191. The molecule has 0 aliphatic carbocycles. The number of benzene rings is 2. The fourth-order valence-corrected chi connectivity index (χ4v) is 4.07. The molecule has 0 spiro atoms. The van der Waals surface area contributed by atoms with E-state index in [0.29, 0.717) is 0 Å². The molecule has 6 heteroatoms. The van der Waals surface area contributed by atoms with Crippen LogP contribution in [0.25, 0.3) is 0 Å². The molecule has 176 valence electrons. The van der Waals surface area contributed by atoms with Crippen molar-refractivity contribution in [3.63, 3.8) is 0 Å². The molecule has 0 fully saturated rings. The first-order valence-corrected chi connectivity index (χ1v) is 12.2. The number of aliphatic hydroxyl groups is 1. The Bertz CT molecular complexity index is 899. The Labute approximate surface area is 208 Å². The fraction of sp³-hybridized carbons (Fsp3) is 0.308. The van der Waals surface area contributed by atoms with Crippen molar-refractivity contribution in [2.45, 2.75) is 55.4 Å². The molecule has 0 saturated heterocycles. The topological polar surface area (TPSA) is 43.8 Å². The number of hydrogen-bond acceptors (Lipinski definition) is 4. The Morgan fingerprint density at radius 2 is 1.12 bits per heavy atom. The zero-order chi connectivity index (χ0) is 24.6. The van der Waals surface area contributed by atoms with Crippen LogP contribution < -0.4 is 9.80 Å². The van der Waals surface area contributed by atoms with E-state index in [1.54, 1.807) is 0 Å². The maximum absolute atomic E-state index is 10.0. The molecule has 1 heterocycles. The van der Waals surface area contributed by atoms with Crippen molar-refractivity contribution in [3.05, 3.63) is 88.5 Å². The van der Waals surface area contributed by atoms with E-state index in [1.807, 2.05) is 0 Å². The molecule has 0 aromatic heterocycles. The van der Waals surface area contributed by atoms with Crippen LogP contribution in [0.5, 0.6) is 0 Å². The minimum atomic E-state index is -0.125. The van der Waals surface area contributed by atoms with Crippen molar-refractivity contribution in [1.29, 1.82) is 0 Å². The van der Waals surface area contributed by atoms with Gasteiger partial charge in [0.1, 0.15) is 0 Å². The number of ketones is 1. The summed E-state index contributed by atoms with van der Waals surface area (Å²) in [6, 6.07) is 8.98. The average molecular weight is 547 g/mol. The van der Waals surface area contributed by atoms with Gasteiger partial charge in [-0.05, 0) is 90.0 Å². The van der Waals surface area contributed by atoms with Gasteiger partial charge in [0.2, 0.25) is 0 Å². The van der Waals surface area contributed by atoms with Gasteiger partial charge in [-0.1, -0.05) is 35.4 Å². The molecule has 0 amide bonds. The van der Waals surface area contributed by atoms with Gasteiger partial charge in [0, 0.05) is 17.5 Å². The maximum atomic E-state index is 10.0. The average Bonchev–Trinajstić information content (AvgIpc) is 3.10. The summed E-state index contributed by atoms with van der Waals surface area (Å²) in [5.74, 6) is -0.0625. The second kappa shape index (κ2) is 12.8. The van der Waals surface area contributed by atoms with E-state index in [9.17, 15) is 4.79 Å². The summed E-state index contributed by atoms with van der Waals surface area (Å²) in [6.45, 7) is 18.1. The van der Waals surface area contributed by atoms with Crippen LogP contribution in [-0.4, -0.2) is 10.9 Å². The van der Waals surface area contributed by atoms with Gasteiger partial charge in [-0.2, -0.15) is 0 Å². The van der Waals surface area contributed by atoms with E-state index in [4.69, 9.17) is 5.11 Å². The summed E-state index contributed by atoms with van der Waals surface area (Å²) >= 11 is 2.22. The first-order valence-electron chi connectivity index (χ1n) is 10.2. The van der Waals surface area contributed by atoms with Gasteiger partial charge < -0.3 is 14.9 Å². The number of aryl methyl sites for hydroxylation is 6. The van der Waals surface area contributed by atoms with Crippen LogP contribution >= 0.6 is 9.53 Å². The van der Waals surface area contributed by atoms with E-state index < -0.39 is 0 Å². The molecular formula is C26H33ClN2O2Pd. The van der Waals surface area contributed by atoms with Crippen LogP contribution in [0.3, 0.4) is 0 Å². The standard InChI is InChI=1S/C21H25N2.C5H8O2.ClH.Pd/c1-14-9-16(3)20(17(4)10-14)22-7-8-23(13-22)21-18(5)11-15(2)12-19(21)6;1-4(6)3-5(2)7;;/h7-13H,1-6H3;3,6H,1-2H3;1H;/q-1;;;+2/p-1/b;4-3-;;. The van der Waals surface area contributed by atoms with Crippen molar-refractivity contribution in [2.75, 3.05) is 9.80 Å². The first kappa shape index (κ1) is 28.0. The molecule has 1 N–H and O–H groups in total. The molecule has 2 aromatic rings. The Morgan fingerprint density at radius 3 is 1.34 bits per heavy atom. The number of nitrogens with zero attached hydrogens (tertiary/aromatic N) is 2.